The van der Waals surface area contributed by atoms with Crippen molar-refractivity contribution >= 4 is 78.8 Å². The lowest BCUT2D eigenvalue weighted by atomic mass is 9.33. The van der Waals surface area contributed by atoms with Crippen LogP contribution < -0.4 is 26.2 Å². The van der Waals surface area contributed by atoms with E-state index in [1.165, 1.54) is 117 Å². The van der Waals surface area contributed by atoms with Gasteiger partial charge in [0.15, 0.2) is 0 Å². The van der Waals surface area contributed by atoms with Crippen molar-refractivity contribution in [3.63, 3.8) is 0 Å². The molecule has 0 saturated heterocycles. The molecule has 342 valence electrons. The van der Waals surface area contributed by atoms with Crippen LogP contribution in [0.2, 0.25) is 0 Å². The predicted molar refractivity (Wildman–Crippen MR) is 301 cm³/mol. The fourth-order valence-corrected chi connectivity index (χ4v) is 10.9. The number of hydrogen-bond donors (Lipinski definition) is 0. The average molecular weight is 897 g/mol. The quantitative estimate of drug-likeness (QED) is 0.162. The van der Waals surface area contributed by atoms with Gasteiger partial charge in [0.2, 0.25) is 0 Å². The first-order chi connectivity index (χ1) is 32.7. The zero-order chi connectivity index (χ0) is 48.4. The maximum atomic E-state index is 2.66. The molecule has 69 heavy (non-hydrogen) atoms. The van der Waals surface area contributed by atoms with Crippen LogP contribution in [0.3, 0.4) is 0 Å². The first-order valence-electron chi connectivity index (χ1n) is 25.0. The molecular formula is C66H65BN2. The van der Waals surface area contributed by atoms with E-state index in [2.05, 4.69) is 269 Å². The number of rotatable bonds is 4. The highest BCUT2D eigenvalue weighted by Gasteiger charge is 2.45. The van der Waals surface area contributed by atoms with Crippen molar-refractivity contribution in [3.8, 4) is 22.3 Å². The van der Waals surface area contributed by atoms with Crippen LogP contribution in [0.5, 0.6) is 0 Å². The zero-order valence-corrected chi connectivity index (χ0v) is 42.7. The van der Waals surface area contributed by atoms with E-state index >= 15 is 0 Å². The Hall–Kier alpha value is -6.84. The van der Waals surface area contributed by atoms with Crippen molar-refractivity contribution in [2.24, 2.45) is 0 Å². The molecule has 0 fully saturated rings. The van der Waals surface area contributed by atoms with Gasteiger partial charge in [0.1, 0.15) is 0 Å². The predicted octanol–water partition coefficient (Wildman–Crippen LogP) is 16.6. The lowest BCUT2D eigenvalue weighted by Gasteiger charge is -2.46. The molecule has 0 aromatic heterocycles. The minimum atomic E-state index is -0.0721. The van der Waals surface area contributed by atoms with Gasteiger partial charge in [-0.3, -0.25) is 0 Å². The van der Waals surface area contributed by atoms with E-state index in [-0.39, 0.29) is 28.4 Å². The van der Waals surface area contributed by atoms with Crippen LogP contribution in [0.25, 0.3) is 43.8 Å². The summed E-state index contributed by atoms with van der Waals surface area (Å²) in [5.41, 5.74) is 21.2. The van der Waals surface area contributed by atoms with Crippen LogP contribution in [0, 0.1) is 0 Å². The number of benzene rings is 9. The largest absolute Gasteiger partial charge is 0.311 e. The molecular weight excluding hydrogens is 832 g/mol. The highest BCUT2D eigenvalue weighted by molar-refractivity contribution is 7.00. The third-order valence-electron chi connectivity index (χ3n) is 15.0. The van der Waals surface area contributed by atoms with Crippen LogP contribution in [-0.4, -0.2) is 6.71 Å². The Morgan fingerprint density at radius 3 is 1.06 bits per heavy atom. The summed E-state index contributed by atoms with van der Waals surface area (Å²) in [7, 11) is 0. The fourth-order valence-electron chi connectivity index (χ4n) is 10.9. The second kappa shape index (κ2) is 15.9. The molecule has 3 heteroatoms. The fraction of sp³-hybridized carbons (Fsp3) is 0.242. The Morgan fingerprint density at radius 1 is 0.319 bits per heavy atom. The van der Waals surface area contributed by atoms with Crippen molar-refractivity contribution < 1.29 is 0 Å². The highest BCUT2D eigenvalue weighted by Crippen LogP contribution is 2.51. The van der Waals surface area contributed by atoms with Gasteiger partial charge in [0.25, 0.3) is 6.71 Å². The molecule has 0 unspecified atom stereocenters. The highest BCUT2D eigenvalue weighted by atomic mass is 15.2. The van der Waals surface area contributed by atoms with Gasteiger partial charge in [-0.15, -0.1) is 0 Å². The molecule has 0 amide bonds. The monoisotopic (exact) mass is 897 g/mol. The summed E-state index contributed by atoms with van der Waals surface area (Å²) in [4.78, 5) is 5.32. The molecule has 0 bridgehead atoms. The van der Waals surface area contributed by atoms with Crippen molar-refractivity contribution in [2.75, 3.05) is 9.80 Å². The minimum absolute atomic E-state index is 0.0306. The van der Waals surface area contributed by atoms with Gasteiger partial charge in [-0.25, -0.2) is 0 Å². The second-order valence-corrected chi connectivity index (χ2v) is 24.0. The number of nitrogens with zero attached hydrogens (tertiary/aromatic N) is 2. The summed E-state index contributed by atoms with van der Waals surface area (Å²) < 4.78 is 0. The van der Waals surface area contributed by atoms with Crippen LogP contribution in [0.4, 0.5) is 34.1 Å². The van der Waals surface area contributed by atoms with Crippen LogP contribution in [0.15, 0.2) is 176 Å². The Kier molecular flexibility index (Phi) is 10.3. The molecule has 9 aromatic carbocycles. The van der Waals surface area contributed by atoms with E-state index in [1.54, 1.807) is 0 Å². The molecule has 2 aliphatic heterocycles. The first kappa shape index (κ1) is 44.7. The van der Waals surface area contributed by atoms with Gasteiger partial charge >= 0.3 is 0 Å². The van der Waals surface area contributed by atoms with E-state index in [0.29, 0.717) is 0 Å². The molecule has 0 radical (unpaired) electrons. The molecule has 2 heterocycles. The number of hydrogen-bond acceptors (Lipinski definition) is 2. The van der Waals surface area contributed by atoms with E-state index in [9.17, 15) is 0 Å². The van der Waals surface area contributed by atoms with Crippen molar-refractivity contribution in [3.05, 3.63) is 198 Å². The molecule has 2 nitrogen and oxygen atoms in total. The van der Waals surface area contributed by atoms with E-state index in [1.807, 2.05) is 0 Å². The Labute approximate surface area is 411 Å². The molecule has 9 aromatic rings. The van der Waals surface area contributed by atoms with Crippen LogP contribution in [-0.2, 0) is 21.7 Å². The normalized spacial score (nSPS) is 13.7. The van der Waals surface area contributed by atoms with Crippen molar-refractivity contribution in [1.29, 1.82) is 0 Å². The molecule has 0 atom stereocenters. The summed E-state index contributed by atoms with van der Waals surface area (Å²) in [6.07, 6.45) is 0. The van der Waals surface area contributed by atoms with Gasteiger partial charge in [-0.05, 0) is 130 Å². The van der Waals surface area contributed by atoms with Gasteiger partial charge in [-0.2, -0.15) is 0 Å². The minimum Gasteiger partial charge on any atom is -0.311 e. The molecule has 0 saturated carbocycles. The lowest BCUT2D eigenvalue weighted by molar-refractivity contribution is 0.568. The van der Waals surface area contributed by atoms with Crippen molar-refractivity contribution in [1.82, 2.24) is 0 Å². The Morgan fingerprint density at radius 2 is 0.667 bits per heavy atom. The van der Waals surface area contributed by atoms with E-state index in [0.717, 1.165) is 0 Å². The first-order valence-corrected chi connectivity index (χ1v) is 25.0. The SMILES string of the molecule is CC(C)(C)c1cc(N2c3cc(-c4ccc(-c5ccccc5)cc4)cc4c3B(c3ccc5ccccc5c32)c2ccc3ccccc3c2N4c2cc(C(C)(C)C)cc(C(C)(C)C)c2)cc(C(C)(C)C)c1. The summed E-state index contributed by atoms with van der Waals surface area (Å²) in [5.74, 6) is 0. The number of anilines is 6. The average Bonchev–Trinajstić information content (AvgIpc) is 3.32. The lowest BCUT2D eigenvalue weighted by Crippen LogP contribution is -2.61. The van der Waals surface area contributed by atoms with E-state index < -0.39 is 0 Å². The Balaban J connectivity index is 1.31. The summed E-state index contributed by atoms with van der Waals surface area (Å²) in [6, 6.07) is 67.6. The van der Waals surface area contributed by atoms with E-state index in [4.69, 9.17) is 0 Å². The van der Waals surface area contributed by atoms with Crippen LogP contribution in [0.1, 0.15) is 105 Å². The molecule has 2 aliphatic rings. The van der Waals surface area contributed by atoms with Gasteiger partial charge < -0.3 is 9.80 Å². The van der Waals surface area contributed by atoms with Crippen molar-refractivity contribution in [2.45, 2.75) is 105 Å². The Bertz CT molecular complexity index is 3230. The summed E-state index contributed by atoms with van der Waals surface area (Å²) in [6.45, 7) is 28.2. The van der Waals surface area contributed by atoms with Gasteiger partial charge in [0, 0.05) is 44.9 Å². The third kappa shape index (κ3) is 7.66. The maximum absolute atomic E-state index is 2.66. The topological polar surface area (TPSA) is 6.48 Å². The second-order valence-electron chi connectivity index (χ2n) is 24.0. The molecule has 0 aliphatic carbocycles. The van der Waals surface area contributed by atoms with Crippen LogP contribution >= 0.6 is 0 Å². The van der Waals surface area contributed by atoms with Gasteiger partial charge in [0.05, 0.1) is 0 Å². The smallest absolute Gasteiger partial charge is 0.252 e. The summed E-state index contributed by atoms with van der Waals surface area (Å²) in [5, 5.41) is 5.00. The number of fused-ring (bicyclic) bond motifs is 8. The maximum Gasteiger partial charge on any atom is 0.252 e. The molecule has 11 rings (SSSR count). The standard InChI is InChI=1S/C66H65BN2/c1-63(2,3)48-36-49(64(4,5)6)39-52(38-48)68-58-34-47(44-28-26-43(27-29-44)42-20-14-13-15-21-42)35-59-60(58)67(56-32-30-45-22-16-18-24-54(45)61(56)68)57-33-31-46-23-17-19-25-55(46)62(57)69(59)53-40-50(65(7,8)9)37-51(41-53)66(10,11)12/h13-41H,1-12H3. The van der Waals surface area contributed by atoms with Gasteiger partial charge in [-0.1, -0.05) is 223 Å². The molecule has 0 N–H and O–H groups in total. The molecule has 0 spiro atoms. The zero-order valence-electron chi connectivity index (χ0n) is 42.7. The summed E-state index contributed by atoms with van der Waals surface area (Å²) >= 11 is 0. The third-order valence-corrected chi connectivity index (χ3v) is 15.0.